The molecule has 3 N–H and O–H groups in total. The Kier molecular flexibility index (Phi) is 2.23. The van der Waals surface area contributed by atoms with Gasteiger partial charge in [0.05, 0.1) is 5.52 Å². The molecule has 80 valence electrons. The molecule has 0 aliphatic carbocycles. The molecule has 4 heteroatoms. The van der Waals surface area contributed by atoms with Crippen molar-refractivity contribution >= 4 is 11.2 Å². The average molecular weight is 204 g/mol. The number of hydrogen-bond acceptors (Lipinski definition) is 3. The molecule has 2 heterocycles. The lowest BCUT2D eigenvalue weighted by Crippen LogP contribution is -2.29. The Labute approximate surface area is 88.9 Å². The second kappa shape index (κ2) is 3.31. The zero-order chi connectivity index (χ0) is 11.1. The molecule has 2 aromatic rings. The van der Waals surface area contributed by atoms with Crippen LogP contribution in [0.15, 0.2) is 12.3 Å². The van der Waals surface area contributed by atoms with Gasteiger partial charge in [-0.25, -0.2) is 9.97 Å². The molecule has 0 aliphatic rings. The Morgan fingerprint density at radius 3 is 2.87 bits per heavy atom. The third kappa shape index (κ3) is 1.72. The molecule has 15 heavy (non-hydrogen) atoms. The summed E-state index contributed by atoms with van der Waals surface area (Å²) in [6.07, 6.45) is 1.82. The summed E-state index contributed by atoms with van der Waals surface area (Å²) in [7, 11) is 0. The van der Waals surface area contributed by atoms with Gasteiger partial charge in [0.2, 0.25) is 0 Å². The molecule has 0 amide bonds. The van der Waals surface area contributed by atoms with Gasteiger partial charge in [-0.15, -0.1) is 0 Å². The lowest BCUT2D eigenvalue weighted by molar-refractivity contribution is 0.509. The van der Waals surface area contributed by atoms with Gasteiger partial charge in [0, 0.05) is 18.2 Å². The molecule has 0 fully saturated rings. The van der Waals surface area contributed by atoms with Crippen LogP contribution in [0.3, 0.4) is 0 Å². The van der Waals surface area contributed by atoms with Crippen molar-refractivity contribution in [2.45, 2.75) is 26.2 Å². The average Bonchev–Trinajstić information content (AvgIpc) is 2.61. The third-order valence-corrected chi connectivity index (χ3v) is 2.63. The van der Waals surface area contributed by atoms with Gasteiger partial charge in [-0.05, 0) is 18.6 Å². The van der Waals surface area contributed by atoms with Crippen LogP contribution >= 0.6 is 0 Å². The van der Waals surface area contributed by atoms with E-state index in [2.05, 4.69) is 28.8 Å². The van der Waals surface area contributed by atoms with E-state index in [1.807, 2.05) is 19.2 Å². The molecule has 0 radical (unpaired) electrons. The van der Waals surface area contributed by atoms with Crippen molar-refractivity contribution in [1.29, 1.82) is 0 Å². The summed E-state index contributed by atoms with van der Waals surface area (Å²) < 4.78 is 0. The number of hydrogen-bond donors (Lipinski definition) is 2. The molecule has 0 bridgehead atoms. The van der Waals surface area contributed by atoms with Gasteiger partial charge >= 0.3 is 0 Å². The molecule has 0 aliphatic heterocycles. The number of aromatic nitrogens is 3. The monoisotopic (exact) mass is 204 g/mol. The number of nitrogens with one attached hydrogen (secondary N) is 1. The quantitative estimate of drug-likeness (QED) is 0.779. The molecule has 0 atom stereocenters. The Morgan fingerprint density at radius 1 is 1.47 bits per heavy atom. The highest BCUT2D eigenvalue weighted by atomic mass is 15.0. The topological polar surface area (TPSA) is 67.6 Å². The number of fused-ring (bicyclic) bond motifs is 1. The first-order valence-corrected chi connectivity index (χ1v) is 5.06. The van der Waals surface area contributed by atoms with Crippen LogP contribution in [0, 0.1) is 6.92 Å². The van der Waals surface area contributed by atoms with Gasteiger partial charge in [0.25, 0.3) is 0 Å². The predicted molar refractivity (Wildman–Crippen MR) is 60.7 cm³/mol. The fourth-order valence-electron chi connectivity index (χ4n) is 1.42. The fraction of sp³-hybridized carbons (Fsp3) is 0.455. The SMILES string of the molecule is Cc1cnc2nc(C(C)(C)CN)[nH]c2c1. The smallest absolute Gasteiger partial charge is 0.177 e. The maximum absolute atomic E-state index is 5.71. The van der Waals surface area contributed by atoms with Crippen LogP contribution in [0.25, 0.3) is 11.2 Å². The fourth-order valence-corrected chi connectivity index (χ4v) is 1.42. The van der Waals surface area contributed by atoms with Crippen molar-refractivity contribution in [3.8, 4) is 0 Å². The first-order valence-electron chi connectivity index (χ1n) is 5.06. The summed E-state index contributed by atoms with van der Waals surface area (Å²) in [6, 6.07) is 2.05. The molecule has 2 aromatic heterocycles. The molecule has 0 saturated carbocycles. The van der Waals surface area contributed by atoms with E-state index in [4.69, 9.17) is 5.73 Å². The van der Waals surface area contributed by atoms with E-state index in [-0.39, 0.29) is 5.41 Å². The highest BCUT2D eigenvalue weighted by molar-refractivity contribution is 5.71. The number of imidazole rings is 1. The summed E-state index contributed by atoms with van der Waals surface area (Å²) >= 11 is 0. The van der Waals surface area contributed by atoms with Crippen LogP contribution in [-0.2, 0) is 5.41 Å². The molecular weight excluding hydrogens is 188 g/mol. The maximum atomic E-state index is 5.71. The van der Waals surface area contributed by atoms with Crippen LogP contribution in [0.2, 0.25) is 0 Å². The van der Waals surface area contributed by atoms with Crippen LogP contribution in [0.4, 0.5) is 0 Å². The Hall–Kier alpha value is -1.42. The highest BCUT2D eigenvalue weighted by Gasteiger charge is 2.22. The second-order valence-corrected chi connectivity index (χ2v) is 4.56. The largest absolute Gasteiger partial charge is 0.340 e. The molecule has 0 aromatic carbocycles. The Balaban J connectivity index is 2.56. The van der Waals surface area contributed by atoms with Gasteiger partial charge < -0.3 is 10.7 Å². The highest BCUT2D eigenvalue weighted by Crippen LogP contribution is 2.21. The van der Waals surface area contributed by atoms with Gasteiger partial charge in [-0.3, -0.25) is 0 Å². The van der Waals surface area contributed by atoms with Crippen molar-refractivity contribution in [2.75, 3.05) is 6.54 Å². The minimum Gasteiger partial charge on any atom is -0.340 e. The number of H-pyrrole nitrogens is 1. The lowest BCUT2D eigenvalue weighted by atomic mass is 9.93. The predicted octanol–water partition coefficient (Wildman–Crippen LogP) is 1.50. The van der Waals surface area contributed by atoms with E-state index in [0.717, 1.165) is 22.6 Å². The van der Waals surface area contributed by atoms with E-state index in [1.165, 1.54) is 0 Å². The van der Waals surface area contributed by atoms with Crippen molar-refractivity contribution in [3.05, 3.63) is 23.7 Å². The summed E-state index contributed by atoms with van der Waals surface area (Å²) in [5, 5.41) is 0. The molecule has 0 saturated heterocycles. The summed E-state index contributed by atoms with van der Waals surface area (Å²) in [4.78, 5) is 12.0. The zero-order valence-corrected chi connectivity index (χ0v) is 9.33. The normalized spacial score (nSPS) is 12.3. The number of rotatable bonds is 2. The van der Waals surface area contributed by atoms with E-state index >= 15 is 0 Å². The van der Waals surface area contributed by atoms with E-state index < -0.39 is 0 Å². The molecule has 4 nitrogen and oxygen atoms in total. The minimum atomic E-state index is -0.130. The van der Waals surface area contributed by atoms with Crippen LogP contribution < -0.4 is 5.73 Å². The van der Waals surface area contributed by atoms with Crippen molar-refractivity contribution in [1.82, 2.24) is 15.0 Å². The molecule has 0 unspecified atom stereocenters. The summed E-state index contributed by atoms with van der Waals surface area (Å²) in [5.74, 6) is 0.901. The van der Waals surface area contributed by atoms with Gasteiger partial charge in [-0.1, -0.05) is 13.8 Å². The molecule has 0 spiro atoms. The molecular formula is C11H16N4. The van der Waals surface area contributed by atoms with Crippen molar-refractivity contribution < 1.29 is 0 Å². The summed E-state index contributed by atoms with van der Waals surface area (Å²) in [6.45, 7) is 6.71. The number of aryl methyl sites for hydroxylation is 1. The first kappa shape index (κ1) is 10.1. The van der Waals surface area contributed by atoms with Gasteiger partial charge in [-0.2, -0.15) is 0 Å². The molecule has 2 rings (SSSR count). The van der Waals surface area contributed by atoms with Crippen LogP contribution in [-0.4, -0.2) is 21.5 Å². The second-order valence-electron chi connectivity index (χ2n) is 4.56. The number of nitrogens with zero attached hydrogens (tertiary/aromatic N) is 2. The third-order valence-electron chi connectivity index (χ3n) is 2.63. The maximum Gasteiger partial charge on any atom is 0.177 e. The van der Waals surface area contributed by atoms with Crippen LogP contribution in [0.5, 0.6) is 0 Å². The van der Waals surface area contributed by atoms with Gasteiger partial charge in [0.15, 0.2) is 5.65 Å². The number of nitrogens with two attached hydrogens (primary N) is 1. The van der Waals surface area contributed by atoms with Crippen molar-refractivity contribution in [3.63, 3.8) is 0 Å². The zero-order valence-electron chi connectivity index (χ0n) is 9.33. The van der Waals surface area contributed by atoms with E-state index in [1.54, 1.807) is 0 Å². The van der Waals surface area contributed by atoms with E-state index in [9.17, 15) is 0 Å². The minimum absolute atomic E-state index is 0.130. The standard InChI is InChI=1S/C11H16N4/c1-7-4-8-9(13-5-7)15-10(14-8)11(2,3)6-12/h4-5H,6,12H2,1-3H3,(H,13,14,15). The van der Waals surface area contributed by atoms with E-state index in [0.29, 0.717) is 6.54 Å². The number of aromatic amines is 1. The Morgan fingerprint density at radius 2 is 2.20 bits per heavy atom. The number of pyridine rings is 1. The summed E-state index contributed by atoms with van der Waals surface area (Å²) in [5.41, 5.74) is 8.45. The van der Waals surface area contributed by atoms with Crippen LogP contribution in [0.1, 0.15) is 25.2 Å². The van der Waals surface area contributed by atoms with Crippen molar-refractivity contribution in [2.24, 2.45) is 5.73 Å². The lowest BCUT2D eigenvalue weighted by Gasteiger charge is -2.18. The first-order chi connectivity index (χ1) is 7.03. The Bertz CT molecular complexity index is 484. The van der Waals surface area contributed by atoms with Gasteiger partial charge in [0.1, 0.15) is 5.82 Å².